The predicted molar refractivity (Wildman–Crippen MR) is 197 cm³/mol. The quantitative estimate of drug-likeness (QED) is 0.0799. The van der Waals surface area contributed by atoms with E-state index in [-0.39, 0.29) is 32.2 Å². The molecule has 5 nitrogen and oxygen atoms in total. The van der Waals surface area contributed by atoms with Gasteiger partial charge < -0.3 is 19.7 Å². The molecule has 49 heavy (non-hydrogen) atoms. The van der Waals surface area contributed by atoms with Crippen LogP contribution in [0.15, 0.2) is 66.7 Å². The number of aliphatic hydroxyl groups excluding tert-OH is 2. The zero-order valence-electron chi connectivity index (χ0n) is 30.2. The van der Waals surface area contributed by atoms with Gasteiger partial charge in [0.15, 0.2) is 0 Å². The average Bonchev–Trinajstić information content (AvgIpc) is 3.12. The van der Waals surface area contributed by atoms with E-state index in [1.807, 2.05) is 24.3 Å². The molecular weight excluding hydrogens is 615 g/mol. The van der Waals surface area contributed by atoms with E-state index in [1.165, 1.54) is 38.5 Å². The summed E-state index contributed by atoms with van der Waals surface area (Å²) in [7, 11) is 0. The van der Waals surface area contributed by atoms with Crippen molar-refractivity contribution in [3.05, 3.63) is 89.3 Å². The van der Waals surface area contributed by atoms with Crippen LogP contribution in [-0.2, 0) is 22.4 Å². The molecule has 0 atom stereocenters. The van der Waals surface area contributed by atoms with Gasteiger partial charge in [-0.25, -0.2) is 9.18 Å². The molecule has 2 N–H and O–H groups in total. The van der Waals surface area contributed by atoms with E-state index >= 15 is 4.39 Å². The number of rotatable bonds is 18. The van der Waals surface area contributed by atoms with Gasteiger partial charge in [-0.3, -0.25) is 0 Å². The maximum atomic E-state index is 15.7. The Bertz CT molecular complexity index is 1530. The summed E-state index contributed by atoms with van der Waals surface area (Å²) in [5.74, 6) is 1.36. The molecule has 0 amide bonds. The van der Waals surface area contributed by atoms with Gasteiger partial charge in [-0.15, -0.1) is 0 Å². The van der Waals surface area contributed by atoms with Gasteiger partial charge in [0, 0.05) is 16.6 Å². The third kappa shape index (κ3) is 10.5. The van der Waals surface area contributed by atoms with E-state index in [0.717, 1.165) is 58.6 Å². The third-order valence-electron chi connectivity index (χ3n) is 10.2. The van der Waals surface area contributed by atoms with Crippen molar-refractivity contribution < 1.29 is 28.9 Å². The Labute approximate surface area is 293 Å². The molecule has 0 heterocycles. The number of aryl methyl sites for hydroxylation is 2. The van der Waals surface area contributed by atoms with Crippen LogP contribution >= 0.6 is 0 Å². The van der Waals surface area contributed by atoms with E-state index in [4.69, 9.17) is 9.47 Å². The van der Waals surface area contributed by atoms with Crippen LogP contribution in [0, 0.1) is 17.2 Å². The number of aliphatic hydroxyl groups is 2. The summed E-state index contributed by atoms with van der Waals surface area (Å²) in [6.07, 6.45) is 12.0. The van der Waals surface area contributed by atoms with Crippen LogP contribution in [0.5, 0.6) is 5.75 Å². The number of halogens is 1. The first-order chi connectivity index (χ1) is 23.6. The molecule has 1 fully saturated rings. The Morgan fingerprint density at radius 3 is 2.22 bits per heavy atom. The van der Waals surface area contributed by atoms with E-state index in [1.54, 1.807) is 19.9 Å². The second kappa shape index (κ2) is 18.5. The Balaban J connectivity index is 1.53. The minimum absolute atomic E-state index is 0.149. The number of unbranched alkanes of at least 4 members (excludes halogenated alkanes) is 2. The molecule has 1 saturated carbocycles. The summed E-state index contributed by atoms with van der Waals surface area (Å²) >= 11 is 0. The van der Waals surface area contributed by atoms with E-state index in [9.17, 15) is 15.0 Å². The van der Waals surface area contributed by atoms with Crippen LogP contribution < -0.4 is 4.74 Å². The molecule has 0 saturated heterocycles. The lowest BCUT2D eigenvalue weighted by Gasteiger charge is -2.29. The van der Waals surface area contributed by atoms with Crippen molar-refractivity contribution in [2.45, 2.75) is 104 Å². The van der Waals surface area contributed by atoms with E-state index in [2.05, 4.69) is 44.7 Å². The zero-order valence-corrected chi connectivity index (χ0v) is 30.2. The summed E-state index contributed by atoms with van der Waals surface area (Å²) in [4.78, 5) is 11.9. The molecule has 0 aromatic heterocycles. The molecule has 3 aromatic carbocycles. The van der Waals surface area contributed by atoms with Crippen LogP contribution in [0.3, 0.4) is 0 Å². The van der Waals surface area contributed by atoms with Crippen LogP contribution in [0.25, 0.3) is 22.3 Å². The predicted octanol–water partition coefficient (Wildman–Crippen LogP) is 10.00. The Morgan fingerprint density at radius 2 is 1.57 bits per heavy atom. The van der Waals surface area contributed by atoms with Crippen molar-refractivity contribution in [3.8, 4) is 28.0 Å². The van der Waals surface area contributed by atoms with Crippen molar-refractivity contribution in [3.63, 3.8) is 0 Å². The van der Waals surface area contributed by atoms with Crippen LogP contribution in [0.1, 0.15) is 108 Å². The van der Waals surface area contributed by atoms with Crippen molar-refractivity contribution in [2.24, 2.45) is 11.3 Å². The fraction of sp³-hybridized carbons (Fsp3) is 0.512. The molecule has 1 aliphatic carbocycles. The molecule has 0 bridgehead atoms. The number of esters is 1. The maximum Gasteiger partial charge on any atom is 0.333 e. The SMILES string of the molecule is C=C(C)C(=O)OCCCc1cc(-c2ccc(-c3ccc(C4CCC(CCCCC)CC4)cc3F)cc2CC)ccc1OCC(C)(CO)CO. The third-order valence-corrected chi connectivity index (χ3v) is 10.2. The molecule has 1 aliphatic rings. The van der Waals surface area contributed by atoms with Crippen molar-refractivity contribution in [2.75, 3.05) is 26.4 Å². The van der Waals surface area contributed by atoms with Crippen molar-refractivity contribution in [1.29, 1.82) is 0 Å². The average molecular weight is 673 g/mol. The standard InChI is InChI=1S/C43H57FO5/c1-6-8-9-11-31-13-15-33(16-14-31)34-17-21-39(40(44)26-34)36-18-20-38(32(7-2)24-36)35-19-22-41(49-29-43(5,27-45)28-46)37(25-35)12-10-23-48-42(47)30(3)4/h17-22,24-26,31,33,45-46H,3,6-16,23,27-29H2,1-2,4-5H3. The highest BCUT2D eigenvalue weighted by molar-refractivity contribution is 5.86. The highest BCUT2D eigenvalue weighted by Crippen LogP contribution is 2.40. The largest absolute Gasteiger partial charge is 0.493 e. The summed E-state index contributed by atoms with van der Waals surface area (Å²) in [6.45, 7) is 11.4. The molecule has 3 aromatic rings. The van der Waals surface area contributed by atoms with Crippen LogP contribution in [-0.4, -0.2) is 42.6 Å². The number of hydrogen-bond donors (Lipinski definition) is 2. The number of hydrogen-bond acceptors (Lipinski definition) is 5. The van der Waals surface area contributed by atoms with Gasteiger partial charge in [0.1, 0.15) is 11.6 Å². The lowest BCUT2D eigenvalue weighted by atomic mass is 9.77. The molecule has 0 radical (unpaired) electrons. The molecule has 4 rings (SSSR count). The number of ether oxygens (including phenoxy) is 2. The summed E-state index contributed by atoms with van der Waals surface area (Å²) in [6, 6.07) is 18.1. The fourth-order valence-corrected chi connectivity index (χ4v) is 6.85. The van der Waals surface area contributed by atoms with Crippen molar-refractivity contribution in [1.82, 2.24) is 0 Å². The molecule has 0 spiro atoms. The molecular formula is C43H57FO5. The van der Waals surface area contributed by atoms with Gasteiger partial charge in [-0.05, 0) is 115 Å². The minimum atomic E-state index is -0.779. The molecule has 0 aliphatic heterocycles. The Morgan fingerprint density at radius 1 is 0.898 bits per heavy atom. The maximum absolute atomic E-state index is 15.7. The van der Waals surface area contributed by atoms with Crippen LogP contribution in [0.4, 0.5) is 4.39 Å². The van der Waals surface area contributed by atoms with E-state index < -0.39 is 11.4 Å². The Hall–Kier alpha value is -3.48. The lowest BCUT2D eigenvalue weighted by molar-refractivity contribution is -0.139. The summed E-state index contributed by atoms with van der Waals surface area (Å²) in [5, 5.41) is 19.5. The second-order valence-corrected chi connectivity index (χ2v) is 14.4. The van der Waals surface area contributed by atoms with Gasteiger partial charge in [0.05, 0.1) is 26.4 Å². The molecule has 266 valence electrons. The van der Waals surface area contributed by atoms with Gasteiger partial charge in [-0.1, -0.05) is 89.4 Å². The number of carbonyl (C=O) groups excluding carboxylic acids is 1. The first kappa shape index (κ1) is 38.3. The number of carbonyl (C=O) groups is 1. The lowest BCUT2D eigenvalue weighted by Crippen LogP contribution is -2.33. The van der Waals surface area contributed by atoms with Gasteiger partial charge in [0.2, 0.25) is 0 Å². The van der Waals surface area contributed by atoms with Crippen LogP contribution in [0.2, 0.25) is 0 Å². The molecule has 0 unspecified atom stereocenters. The number of benzene rings is 3. The zero-order chi connectivity index (χ0) is 35.4. The smallest absolute Gasteiger partial charge is 0.333 e. The topological polar surface area (TPSA) is 76.0 Å². The second-order valence-electron chi connectivity index (χ2n) is 14.4. The van der Waals surface area contributed by atoms with E-state index in [0.29, 0.717) is 35.6 Å². The normalized spacial score (nSPS) is 16.4. The molecule has 6 heteroatoms. The first-order valence-corrected chi connectivity index (χ1v) is 18.3. The minimum Gasteiger partial charge on any atom is -0.493 e. The van der Waals surface area contributed by atoms with Crippen molar-refractivity contribution >= 4 is 5.97 Å². The fourth-order valence-electron chi connectivity index (χ4n) is 6.85. The summed E-state index contributed by atoms with van der Waals surface area (Å²) < 4.78 is 27.1. The first-order valence-electron chi connectivity index (χ1n) is 18.3. The monoisotopic (exact) mass is 672 g/mol. The van der Waals surface area contributed by atoms with Gasteiger partial charge in [-0.2, -0.15) is 0 Å². The summed E-state index contributed by atoms with van der Waals surface area (Å²) in [5.41, 5.74) is 6.34. The highest BCUT2D eigenvalue weighted by Gasteiger charge is 2.25. The van der Waals surface area contributed by atoms with Gasteiger partial charge in [0.25, 0.3) is 0 Å². The Kier molecular flexibility index (Phi) is 14.5. The van der Waals surface area contributed by atoms with Gasteiger partial charge >= 0.3 is 5.97 Å². The highest BCUT2D eigenvalue weighted by atomic mass is 19.1.